The van der Waals surface area contributed by atoms with Crippen molar-refractivity contribution in [1.82, 2.24) is 25.1 Å². The van der Waals surface area contributed by atoms with E-state index in [-0.39, 0.29) is 5.91 Å². The second kappa shape index (κ2) is 6.37. The van der Waals surface area contributed by atoms with Gasteiger partial charge in [0.05, 0.1) is 5.54 Å². The first-order valence-corrected chi connectivity index (χ1v) is 7.22. The summed E-state index contributed by atoms with van der Waals surface area (Å²) in [5.74, 6) is 1.08. The molecule has 6 heteroatoms. The van der Waals surface area contributed by atoms with E-state index in [1.165, 1.54) is 0 Å². The molecule has 0 bridgehead atoms. The zero-order valence-electron chi connectivity index (χ0n) is 12.6. The normalized spacial score (nSPS) is 17.1. The third-order valence-corrected chi connectivity index (χ3v) is 4.02. The molecule has 0 unspecified atom stereocenters. The third kappa shape index (κ3) is 3.37. The minimum atomic E-state index is -0.455. The molecule has 1 aromatic rings. The van der Waals surface area contributed by atoms with Gasteiger partial charge in [0.15, 0.2) is 0 Å². The van der Waals surface area contributed by atoms with E-state index in [4.69, 9.17) is 0 Å². The minimum absolute atomic E-state index is 0.0913. The van der Waals surface area contributed by atoms with E-state index in [9.17, 15) is 4.79 Å². The number of rotatable bonds is 5. The van der Waals surface area contributed by atoms with Crippen LogP contribution in [-0.4, -0.2) is 58.6 Å². The number of aryl methyl sites for hydroxylation is 1. The summed E-state index contributed by atoms with van der Waals surface area (Å²) in [6.07, 6.45) is 4.45. The Bertz CT molecular complexity index is 448. The van der Waals surface area contributed by atoms with Crippen LogP contribution in [0, 0.1) is 0 Å². The Hall–Kier alpha value is -1.40. The Balaban J connectivity index is 1.82. The van der Waals surface area contributed by atoms with Gasteiger partial charge >= 0.3 is 0 Å². The summed E-state index contributed by atoms with van der Waals surface area (Å²) < 4.78 is 1.98. The van der Waals surface area contributed by atoms with Gasteiger partial charge in [-0.3, -0.25) is 9.69 Å². The lowest BCUT2D eigenvalue weighted by Gasteiger charge is -2.39. The fraction of sp³-hybridized carbons (Fsp3) is 0.714. The van der Waals surface area contributed by atoms with Gasteiger partial charge < -0.3 is 15.2 Å². The van der Waals surface area contributed by atoms with Crippen molar-refractivity contribution < 1.29 is 4.79 Å². The van der Waals surface area contributed by atoms with Crippen LogP contribution >= 0.6 is 0 Å². The van der Waals surface area contributed by atoms with Crippen molar-refractivity contribution in [3.8, 4) is 0 Å². The summed E-state index contributed by atoms with van der Waals surface area (Å²) in [5, 5.41) is 6.34. The molecule has 0 aromatic carbocycles. The van der Waals surface area contributed by atoms with Crippen molar-refractivity contribution in [3.63, 3.8) is 0 Å². The van der Waals surface area contributed by atoms with Crippen LogP contribution in [0.1, 0.15) is 19.7 Å². The van der Waals surface area contributed by atoms with Gasteiger partial charge in [0, 0.05) is 58.6 Å². The number of imidazole rings is 1. The first-order valence-electron chi connectivity index (χ1n) is 7.22. The van der Waals surface area contributed by atoms with Crippen molar-refractivity contribution in [2.75, 3.05) is 32.7 Å². The Labute approximate surface area is 120 Å². The molecule has 2 N–H and O–H groups in total. The topological polar surface area (TPSA) is 62.2 Å². The average molecular weight is 279 g/mol. The van der Waals surface area contributed by atoms with Crippen molar-refractivity contribution in [2.45, 2.75) is 25.8 Å². The molecule has 0 atom stereocenters. The fourth-order valence-electron chi connectivity index (χ4n) is 2.51. The molecule has 0 saturated carbocycles. The Kier molecular flexibility index (Phi) is 4.77. The number of aromatic nitrogens is 2. The van der Waals surface area contributed by atoms with Crippen LogP contribution in [0.25, 0.3) is 0 Å². The van der Waals surface area contributed by atoms with Crippen LogP contribution in [-0.2, 0) is 18.3 Å². The number of nitrogens with zero attached hydrogens (tertiary/aromatic N) is 3. The molecule has 0 radical (unpaired) electrons. The van der Waals surface area contributed by atoms with E-state index in [1.807, 2.05) is 31.7 Å². The largest absolute Gasteiger partial charge is 0.354 e. The maximum atomic E-state index is 12.4. The van der Waals surface area contributed by atoms with Crippen molar-refractivity contribution in [2.24, 2.45) is 7.05 Å². The molecule has 6 nitrogen and oxygen atoms in total. The van der Waals surface area contributed by atoms with Gasteiger partial charge in [0.1, 0.15) is 5.82 Å². The third-order valence-electron chi connectivity index (χ3n) is 4.02. The summed E-state index contributed by atoms with van der Waals surface area (Å²) in [6.45, 7) is 8.34. The monoisotopic (exact) mass is 279 g/mol. The smallest absolute Gasteiger partial charge is 0.239 e. The van der Waals surface area contributed by atoms with Crippen LogP contribution in [0.4, 0.5) is 0 Å². The molecule has 1 saturated heterocycles. The molecule has 1 aliphatic rings. The van der Waals surface area contributed by atoms with Gasteiger partial charge in [-0.1, -0.05) is 0 Å². The van der Waals surface area contributed by atoms with Crippen LogP contribution in [0.15, 0.2) is 12.4 Å². The Morgan fingerprint density at radius 3 is 2.75 bits per heavy atom. The molecule has 1 amide bonds. The summed E-state index contributed by atoms with van der Waals surface area (Å²) in [6, 6.07) is 0. The molecular weight excluding hydrogens is 254 g/mol. The molecule has 0 spiro atoms. The number of hydrogen-bond donors (Lipinski definition) is 2. The summed E-state index contributed by atoms with van der Waals surface area (Å²) in [5.41, 5.74) is -0.455. The predicted octanol–water partition coefficient (Wildman–Crippen LogP) is -0.237. The number of piperazine rings is 1. The first kappa shape index (κ1) is 15.0. The highest BCUT2D eigenvalue weighted by Crippen LogP contribution is 2.15. The van der Waals surface area contributed by atoms with Gasteiger partial charge in [0.2, 0.25) is 5.91 Å². The highest BCUT2D eigenvalue weighted by Gasteiger charge is 2.34. The standard InChI is InChI=1S/C14H25N5O/c1-14(2,19-10-6-15-7-11-19)13(20)17-5-4-12-16-8-9-18(12)3/h8-9,15H,4-7,10-11H2,1-3H3,(H,17,20). The first-order chi connectivity index (χ1) is 9.51. The summed E-state index contributed by atoms with van der Waals surface area (Å²) in [7, 11) is 1.97. The number of amides is 1. The van der Waals surface area contributed by atoms with Crippen molar-refractivity contribution >= 4 is 5.91 Å². The quantitative estimate of drug-likeness (QED) is 0.781. The maximum Gasteiger partial charge on any atom is 0.239 e. The van der Waals surface area contributed by atoms with Crippen molar-refractivity contribution in [1.29, 1.82) is 0 Å². The van der Waals surface area contributed by atoms with Crippen molar-refractivity contribution in [3.05, 3.63) is 18.2 Å². The fourth-order valence-corrected chi connectivity index (χ4v) is 2.51. The van der Waals surface area contributed by atoms with Gasteiger partial charge in [-0.05, 0) is 13.8 Å². The molecule has 2 heterocycles. The molecule has 0 aliphatic carbocycles. The van der Waals surface area contributed by atoms with Gasteiger partial charge in [-0.2, -0.15) is 0 Å². The van der Waals surface area contributed by atoms with E-state index < -0.39 is 5.54 Å². The van der Waals surface area contributed by atoms with Crippen LogP contribution < -0.4 is 10.6 Å². The van der Waals surface area contributed by atoms with E-state index in [0.29, 0.717) is 6.54 Å². The molecule has 20 heavy (non-hydrogen) atoms. The molecule has 2 rings (SSSR count). The lowest BCUT2D eigenvalue weighted by Crippen LogP contribution is -2.60. The van der Waals surface area contributed by atoms with E-state index >= 15 is 0 Å². The number of carbonyl (C=O) groups excluding carboxylic acids is 1. The van der Waals surface area contributed by atoms with Gasteiger partial charge in [-0.25, -0.2) is 4.98 Å². The number of nitrogens with one attached hydrogen (secondary N) is 2. The van der Waals surface area contributed by atoms with E-state index in [2.05, 4.69) is 20.5 Å². The van der Waals surface area contributed by atoms with Gasteiger partial charge in [0.25, 0.3) is 0 Å². The molecular formula is C14H25N5O. The molecule has 112 valence electrons. The van der Waals surface area contributed by atoms with Crippen LogP contribution in [0.5, 0.6) is 0 Å². The number of carbonyl (C=O) groups is 1. The zero-order valence-corrected chi connectivity index (χ0v) is 12.6. The van der Waals surface area contributed by atoms with E-state index in [0.717, 1.165) is 38.4 Å². The highest BCUT2D eigenvalue weighted by molar-refractivity contribution is 5.85. The maximum absolute atomic E-state index is 12.4. The average Bonchev–Trinajstić information content (AvgIpc) is 2.85. The van der Waals surface area contributed by atoms with Crippen LogP contribution in [0.2, 0.25) is 0 Å². The molecule has 1 fully saturated rings. The van der Waals surface area contributed by atoms with Crippen LogP contribution in [0.3, 0.4) is 0 Å². The lowest BCUT2D eigenvalue weighted by molar-refractivity contribution is -0.132. The minimum Gasteiger partial charge on any atom is -0.354 e. The van der Waals surface area contributed by atoms with E-state index in [1.54, 1.807) is 6.20 Å². The molecule has 1 aromatic heterocycles. The lowest BCUT2D eigenvalue weighted by atomic mass is 10.0. The second-order valence-electron chi connectivity index (χ2n) is 5.76. The summed E-state index contributed by atoms with van der Waals surface area (Å²) >= 11 is 0. The highest BCUT2D eigenvalue weighted by atomic mass is 16.2. The Morgan fingerprint density at radius 2 is 2.15 bits per heavy atom. The zero-order chi connectivity index (χ0) is 14.6. The second-order valence-corrected chi connectivity index (χ2v) is 5.76. The number of hydrogen-bond acceptors (Lipinski definition) is 4. The predicted molar refractivity (Wildman–Crippen MR) is 78.4 cm³/mol. The molecule has 1 aliphatic heterocycles. The van der Waals surface area contributed by atoms with Gasteiger partial charge in [-0.15, -0.1) is 0 Å². The SMILES string of the molecule is Cn1ccnc1CCNC(=O)C(C)(C)N1CCNCC1. The Morgan fingerprint density at radius 1 is 1.45 bits per heavy atom. The summed E-state index contributed by atoms with van der Waals surface area (Å²) in [4.78, 5) is 18.9.